The number of carbonyl (C=O) groups is 2. The van der Waals surface area contributed by atoms with Crippen LogP contribution in [0.2, 0.25) is 0 Å². The molecule has 2 aromatic carbocycles. The highest BCUT2D eigenvalue weighted by Crippen LogP contribution is 2.23. The molecule has 1 aliphatic heterocycles. The van der Waals surface area contributed by atoms with Gasteiger partial charge in [-0.2, -0.15) is 0 Å². The van der Waals surface area contributed by atoms with Gasteiger partial charge in [0.05, 0.1) is 13.0 Å². The molecule has 1 N–H and O–H groups in total. The number of likely N-dealkylation sites (tertiary alicyclic amines) is 1. The lowest BCUT2D eigenvalue weighted by Crippen LogP contribution is -2.39. The Labute approximate surface area is 173 Å². The Hall–Kier alpha value is -2.82. The Morgan fingerprint density at radius 2 is 1.79 bits per heavy atom. The summed E-state index contributed by atoms with van der Waals surface area (Å²) in [4.78, 5) is 26.5. The molecule has 29 heavy (non-hydrogen) atoms. The number of amides is 2. The second kappa shape index (κ2) is 10.6. The fourth-order valence-electron chi connectivity index (χ4n) is 3.68. The van der Waals surface area contributed by atoms with Gasteiger partial charge in [0.25, 0.3) is 0 Å². The maximum Gasteiger partial charge on any atom is 0.225 e. The van der Waals surface area contributed by atoms with Crippen LogP contribution < -0.4 is 10.1 Å². The minimum atomic E-state index is 0.0622. The third-order valence-corrected chi connectivity index (χ3v) is 5.38. The molecule has 154 valence electrons. The van der Waals surface area contributed by atoms with Crippen LogP contribution in [0, 0.1) is 12.8 Å². The van der Waals surface area contributed by atoms with Crippen molar-refractivity contribution < 1.29 is 14.3 Å². The summed E-state index contributed by atoms with van der Waals surface area (Å²) in [6.07, 6.45) is 3.72. The first-order chi connectivity index (χ1) is 14.1. The van der Waals surface area contributed by atoms with Gasteiger partial charge in [-0.3, -0.25) is 9.59 Å². The van der Waals surface area contributed by atoms with E-state index >= 15 is 0 Å². The summed E-state index contributed by atoms with van der Waals surface area (Å²) < 4.78 is 5.62. The van der Waals surface area contributed by atoms with Crippen molar-refractivity contribution in [2.75, 3.05) is 25.0 Å². The van der Waals surface area contributed by atoms with Crippen molar-refractivity contribution in [3.8, 4) is 5.75 Å². The molecule has 0 aromatic heterocycles. The van der Waals surface area contributed by atoms with E-state index in [4.69, 9.17) is 4.74 Å². The number of rotatable bonds is 8. The highest BCUT2D eigenvalue weighted by molar-refractivity contribution is 5.90. The zero-order valence-electron chi connectivity index (χ0n) is 17.1. The first kappa shape index (κ1) is 20.9. The predicted molar refractivity (Wildman–Crippen MR) is 115 cm³/mol. The second-order valence-corrected chi connectivity index (χ2v) is 7.69. The van der Waals surface area contributed by atoms with Crippen molar-refractivity contribution in [2.24, 2.45) is 5.92 Å². The Morgan fingerprint density at radius 1 is 1.03 bits per heavy atom. The number of hydrogen-bond donors (Lipinski definition) is 1. The van der Waals surface area contributed by atoms with E-state index in [0.717, 1.165) is 49.4 Å². The Morgan fingerprint density at radius 3 is 2.52 bits per heavy atom. The number of carbonyl (C=O) groups excluding carboxylic acids is 2. The van der Waals surface area contributed by atoms with E-state index in [1.807, 2.05) is 66.4 Å². The average molecular weight is 395 g/mol. The molecule has 3 rings (SSSR count). The summed E-state index contributed by atoms with van der Waals surface area (Å²) >= 11 is 0. The van der Waals surface area contributed by atoms with Crippen LogP contribution in [0.4, 0.5) is 5.69 Å². The third-order valence-electron chi connectivity index (χ3n) is 5.38. The third kappa shape index (κ3) is 6.93. The quantitative estimate of drug-likeness (QED) is 0.721. The number of para-hydroxylation sites is 1. The van der Waals surface area contributed by atoms with Crippen LogP contribution in [0.3, 0.4) is 0 Å². The molecule has 1 saturated heterocycles. The van der Waals surface area contributed by atoms with Crippen molar-refractivity contribution in [3.05, 3.63) is 60.2 Å². The van der Waals surface area contributed by atoms with E-state index in [0.29, 0.717) is 25.4 Å². The van der Waals surface area contributed by atoms with Gasteiger partial charge >= 0.3 is 0 Å². The molecule has 2 amide bonds. The summed E-state index contributed by atoms with van der Waals surface area (Å²) in [5.41, 5.74) is 1.99. The number of ether oxygens (including phenoxy) is 1. The Balaban J connectivity index is 1.31. The fourth-order valence-corrected chi connectivity index (χ4v) is 3.68. The zero-order valence-corrected chi connectivity index (χ0v) is 17.1. The molecular weight excluding hydrogens is 364 g/mol. The number of benzene rings is 2. The highest BCUT2D eigenvalue weighted by Gasteiger charge is 2.23. The van der Waals surface area contributed by atoms with E-state index in [-0.39, 0.29) is 11.8 Å². The minimum absolute atomic E-state index is 0.0622. The van der Waals surface area contributed by atoms with Gasteiger partial charge in [0.2, 0.25) is 11.8 Å². The molecule has 0 aliphatic carbocycles. The van der Waals surface area contributed by atoms with E-state index in [1.54, 1.807) is 0 Å². The van der Waals surface area contributed by atoms with Crippen LogP contribution in [0.15, 0.2) is 54.6 Å². The molecule has 0 atom stereocenters. The molecule has 5 nitrogen and oxygen atoms in total. The van der Waals surface area contributed by atoms with Crippen molar-refractivity contribution in [1.29, 1.82) is 0 Å². The molecule has 0 spiro atoms. The lowest BCUT2D eigenvalue weighted by Gasteiger charge is -2.32. The van der Waals surface area contributed by atoms with Gasteiger partial charge in [-0.05, 0) is 61.9 Å². The van der Waals surface area contributed by atoms with E-state index < -0.39 is 0 Å². The van der Waals surface area contributed by atoms with E-state index in [1.165, 1.54) is 0 Å². The predicted octanol–water partition coefficient (Wildman–Crippen LogP) is 4.42. The molecule has 1 fully saturated rings. The minimum Gasteiger partial charge on any atom is -0.493 e. The molecule has 0 radical (unpaired) electrons. The Bertz CT molecular complexity index is 799. The SMILES string of the molecule is Cc1cccc(NC(=O)CCC2CCN(C(=O)CCOc3ccccc3)CC2)c1. The molecule has 1 aliphatic rings. The number of nitrogens with one attached hydrogen (secondary N) is 1. The first-order valence-corrected chi connectivity index (χ1v) is 10.4. The van der Waals surface area contributed by atoms with Gasteiger partial charge in [0, 0.05) is 25.2 Å². The van der Waals surface area contributed by atoms with Crippen molar-refractivity contribution in [1.82, 2.24) is 4.90 Å². The number of anilines is 1. The first-order valence-electron chi connectivity index (χ1n) is 10.4. The monoisotopic (exact) mass is 394 g/mol. The molecule has 0 saturated carbocycles. The maximum atomic E-state index is 12.4. The highest BCUT2D eigenvalue weighted by atomic mass is 16.5. The van der Waals surface area contributed by atoms with Gasteiger partial charge in [-0.25, -0.2) is 0 Å². The van der Waals surface area contributed by atoms with Crippen LogP contribution in [0.25, 0.3) is 0 Å². The zero-order chi connectivity index (χ0) is 20.5. The standard InChI is InChI=1S/C24H30N2O3/c1-19-6-5-7-21(18-19)25-23(27)11-10-20-12-15-26(16-13-20)24(28)14-17-29-22-8-3-2-4-9-22/h2-9,18,20H,10-17H2,1H3,(H,25,27). The summed E-state index contributed by atoms with van der Waals surface area (Å²) in [6.45, 7) is 3.96. The van der Waals surface area contributed by atoms with Crippen molar-refractivity contribution in [2.45, 2.75) is 39.0 Å². The summed E-state index contributed by atoms with van der Waals surface area (Å²) in [7, 11) is 0. The Kier molecular flexibility index (Phi) is 7.68. The summed E-state index contributed by atoms with van der Waals surface area (Å²) in [5, 5.41) is 2.97. The van der Waals surface area contributed by atoms with Gasteiger partial charge in [0.15, 0.2) is 0 Å². The van der Waals surface area contributed by atoms with Gasteiger partial charge in [-0.15, -0.1) is 0 Å². The smallest absolute Gasteiger partial charge is 0.225 e. The average Bonchev–Trinajstić information content (AvgIpc) is 2.73. The fraction of sp³-hybridized carbons (Fsp3) is 0.417. The molecule has 1 heterocycles. The lowest BCUT2D eigenvalue weighted by atomic mass is 9.92. The summed E-state index contributed by atoms with van der Waals surface area (Å²) in [5.74, 6) is 1.51. The lowest BCUT2D eigenvalue weighted by molar-refractivity contribution is -0.133. The molecule has 0 unspecified atom stereocenters. The number of hydrogen-bond acceptors (Lipinski definition) is 3. The van der Waals surface area contributed by atoms with Crippen LogP contribution in [-0.2, 0) is 9.59 Å². The van der Waals surface area contributed by atoms with Crippen LogP contribution in [0.5, 0.6) is 5.75 Å². The molecule has 2 aromatic rings. The normalized spacial score (nSPS) is 14.4. The number of aryl methyl sites for hydroxylation is 1. The largest absolute Gasteiger partial charge is 0.493 e. The molecular formula is C24H30N2O3. The van der Waals surface area contributed by atoms with Crippen molar-refractivity contribution in [3.63, 3.8) is 0 Å². The van der Waals surface area contributed by atoms with Crippen LogP contribution in [0.1, 0.15) is 37.7 Å². The van der Waals surface area contributed by atoms with E-state index in [2.05, 4.69) is 5.32 Å². The van der Waals surface area contributed by atoms with E-state index in [9.17, 15) is 9.59 Å². The van der Waals surface area contributed by atoms with Crippen molar-refractivity contribution >= 4 is 17.5 Å². The topological polar surface area (TPSA) is 58.6 Å². The maximum absolute atomic E-state index is 12.4. The molecule has 0 bridgehead atoms. The number of nitrogens with zero attached hydrogens (tertiary/aromatic N) is 1. The van der Waals surface area contributed by atoms with Crippen LogP contribution in [-0.4, -0.2) is 36.4 Å². The van der Waals surface area contributed by atoms with Crippen LogP contribution >= 0.6 is 0 Å². The van der Waals surface area contributed by atoms with Gasteiger partial charge < -0.3 is 15.0 Å². The van der Waals surface area contributed by atoms with Gasteiger partial charge in [-0.1, -0.05) is 30.3 Å². The summed E-state index contributed by atoms with van der Waals surface area (Å²) in [6, 6.07) is 17.4. The van der Waals surface area contributed by atoms with Gasteiger partial charge in [0.1, 0.15) is 5.75 Å². The number of piperidine rings is 1. The molecule has 5 heteroatoms. The second-order valence-electron chi connectivity index (χ2n) is 7.69.